The van der Waals surface area contributed by atoms with Crippen LogP contribution in [0.3, 0.4) is 0 Å². The molecule has 2 atom stereocenters. The van der Waals surface area contributed by atoms with E-state index >= 15 is 0 Å². The minimum atomic E-state index is -0.157. The van der Waals surface area contributed by atoms with Gasteiger partial charge in [0.05, 0.1) is 12.8 Å². The van der Waals surface area contributed by atoms with Crippen LogP contribution in [0.5, 0.6) is 5.75 Å². The lowest BCUT2D eigenvalue weighted by atomic mass is 9.90. The molecule has 35 heavy (non-hydrogen) atoms. The van der Waals surface area contributed by atoms with Gasteiger partial charge >= 0.3 is 0 Å². The van der Waals surface area contributed by atoms with Crippen molar-refractivity contribution in [1.82, 2.24) is 25.5 Å². The van der Waals surface area contributed by atoms with Crippen molar-refractivity contribution in [2.75, 3.05) is 44.9 Å². The van der Waals surface area contributed by atoms with Crippen LogP contribution in [0, 0.1) is 6.92 Å². The average Bonchev–Trinajstić information content (AvgIpc) is 2.82. The van der Waals surface area contributed by atoms with Crippen LogP contribution < -0.4 is 26.0 Å². The van der Waals surface area contributed by atoms with Gasteiger partial charge in [-0.25, -0.2) is 4.98 Å². The number of nitrogens with zero attached hydrogens (tertiary/aromatic N) is 3. The molecule has 0 spiro atoms. The Morgan fingerprint density at radius 1 is 1.17 bits per heavy atom. The van der Waals surface area contributed by atoms with Gasteiger partial charge in [-0.15, -0.1) is 0 Å². The highest BCUT2D eigenvalue weighted by Crippen LogP contribution is 2.29. The first-order chi connectivity index (χ1) is 16.8. The van der Waals surface area contributed by atoms with Crippen LogP contribution in [0.25, 0.3) is 0 Å². The van der Waals surface area contributed by atoms with Crippen LogP contribution in [-0.4, -0.2) is 73.1 Å². The third-order valence-electron chi connectivity index (χ3n) is 6.00. The zero-order valence-electron chi connectivity index (χ0n) is 21.3. The Morgan fingerprint density at radius 3 is 2.60 bits per heavy atom. The number of hydrogen-bond acceptors (Lipinski definition) is 8. The molecule has 190 valence electrons. The minimum absolute atomic E-state index is 0.0209. The zero-order chi connectivity index (χ0) is 25.4. The number of aryl methyl sites for hydroxylation is 1. The number of anilines is 3. The molecule has 10 nitrogen and oxygen atoms in total. The lowest BCUT2D eigenvalue weighted by Gasteiger charge is -2.33. The van der Waals surface area contributed by atoms with Gasteiger partial charge in [0.25, 0.3) is 5.91 Å². The predicted octanol–water partition coefficient (Wildman–Crippen LogP) is 2.69. The molecule has 2 aromatic rings. The molecular formula is C25H37N7O3. The summed E-state index contributed by atoms with van der Waals surface area (Å²) in [5.74, 6) is 1.47. The molecule has 4 N–H and O–H groups in total. The van der Waals surface area contributed by atoms with E-state index in [-0.39, 0.29) is 23.9 Å². The number of hydrogen-bond donors (Lipinski definition) is 4. The fourth-order valence-electron chi connectivity index (χ4n) is 4.11. The quantitative estimate of drug-likeness (QED) is 0.407. The number of nitrogens with one attached hydrogen (secondary N) is 4. The van der Waals surface area contributed by atoms with E-state index in [0.717, 1.165) is 43.6 Å². The van der Waals surface area contributed by atoms with Crippen LogP contribution in [0.1, 0.15) is 48.5 Å². The Kier molecular flexibility index (Phi) is 9.25. The van der Waals surface area contributed by atoms with Gasteiger partial charge in [-0.1, -0.05) is 12.8 Å². The van der Waals surface area contributed by atoms with Crippen molar-refractivity contribution in [3.63, 3.8) is 0 Å². The molecule has 1 fully saturated rings. The topological polar surface area (TPSA) is 121 Å². The van der Waals surface area contributed by atoms with E-state index in [1.165, 1.54) is 0 Å². The summed E-state index contributed by atoms with van der Waals surface area (Å²) in [6, 6.07) is 5.39. The van der Waals surface area contributed by atoms with E-state index in [9.17, 15) is 9.59 Å². The molecule has 1 aromatic heterocycles. The third kappa shape index (κ3) is 7.54. The molecule has 1 aliphatic rings. The number of ether oxygens (including phenoxy) is 1. The fraction of sp³-hybridized carbons (Fsp3) is 0.520. The maximum absolute atomic E-state index is 12.5. The number of likely N-dealkylation sites (N-methyl/N-ethyl adjacent to an activating group) is 1. The molecule has 1 aromatic carbocycles. The number of aromatic nitrogens is 2. The number of benzene rings is 1. The van der Waals surface area contributed by atoms with Crippen molar-refractivity contribution in [3.05, 3.63) is 35.5 Å². The average molecular weight is 484 g/mol. The second-order valence-electron chi connectivity index (χ2n) is 9.17. The monoisotopic (exact) mass is 483 g/mol. The number of amides is 2. The first-order valence-corrected chi connectivity index (χ1v) is 12.0. The number of methoxy groups -OCH3 is 1. The van der Waals surface area contributed by atoms with Crippen LogP contribution in [-0.2, 0) is 4.79 Å². The van der Waals surface area contributed by atoms with Gasteiger partial charge in [-0.2, -0.15) is 4.98 Å². The van der Waals surface area contributed by atoms with Crippen LogP contribution >= 0.6 is 0 Å². The van der Waals surface area contributed by atoms with E-state index in [0.29, 0.717) is 29.5 Å². The van der Waals surface area contributed by atoms with Crippen molar-refractivity contribution < 1.29 is 14.3 Å². The van der Waals surface area contributed by atoms with Crippen molar-refractivity contribution in [2.24, 2.45) is 0 Å². The van der Waals surface area contributed by atoms with Crippen molar-refractivity contribution in [2.45, 2.75) is 51.6 Å². The van der Waals surface area contributed by atoms with Gasteiger partial charge in [0, 0.05) is 49.4 Å². The van der Waals surface area contributed by atoms with E-state index in [4.69, 9.17) is 4.74 Å². The summed E-state index contributed by atoms with van der Waals surface area (Å²) in [7, 11) is 5.48. The van der Waals surface area contributed by atoms with E-state index in [1.54, 1.807) is 38.4 Å². The third-order valence-corrected chi connectivity index (χ3v) is 6.00. The Bertz CT molecular complexity index is 1030. The molecule has 0 radical (unpaired) electrons. The highest BCUT2D eigenvalue weighted by atomic mass is 16.5. The van der Waals surface area contributed by atoms with Crippen molar-refractivity contribution in [1.29, 1.82) is 0 Å². The largest absolute Gasteiger partial charge is 0.495 e. The van der Waals surface area contributed by atoms with Gasteiger partial charge in [-0.3, -0.25) is 9.59 Å². The van der Waals surface area contributed by atoms with Gasteiger partial charge in [0.2, 0.25) is 11.9 Å². The summed E-state index contributed by atoms with van der Waals surface area (Å²) in [5.41, 5.74) is 2.08. The van der Waals surface area contributed by atoms with E-state index < -0.39 is 0 Å². The van der Waals surface area contributed by atoms with Crippen LogP contribution in [0.4, 0.5) is 17.5 Å². The van der Waals surface area contributed by atoms with Gasteiger partial charge in [0.1, 0.15) is 11.6 Å². The number of carbonyl (C=O) groups excluding carboxylic acids is 2. The van der Waals surface area contributed by atoms with E-state index in [1.807, 2.05) is 25.9 Å². The molecule has 1 heterocycles. The number of carbonyl (C=O) groups is 2. The van der Waals surface area contributed by atoms with Gasteiger partial charge in [-0.05, 0) is 52.1 Å². The van der Waals surface area contributed by atoms with E-state index in [2.05, 4.69) is 31.2 Å². The molecule has 1 aliphatic carbocycles. The van der Waals surface area contributed by atoms with Crippen LogP contribution in [0.2, 0.25) is 0 Å². The van der Waals surface area contributed by atoms with Crippen molar-refractivity contribution >= 4 is 29.3 Å². The summed E-state index contributed by atoms with van der Waals surface area (Å²) in [6.45, 7) is 4.82. The molecule has 0 unspecified atom stereocenters. The normalized spacial score (nSPS) is 17.5. The molecule has 10 heteroatoms. The number of rotatable bonds is 10. The molecule has 0 saturated heterocycles. The summed E-state index contributed by atoms with van der Waals surface area (Å²) in [5, 5.41) is 12.7. The zero-order valence-corrected chi connectivity index (χ0v) is 21.3. The Morgan fingerprint density at radius 2 is 1.91 bits per heavy atom. The molecule has 0 aliphatic heterocycles. The smallest absolute Gasteiger partial charge is 0.251 e. The van der Waals surface area contributed by atoms with Crippen molar-refractivity contribution in [3.8, 4) is 5.75 Å². The molecule has 1 saturated carbocycles. The SMILES string of the molecule is COc1cc(C(=O)NCCN(C)C)ccc1Nc1ncc(C)c(N[C@@H]2CCCC[C@H]2NC(C)=O)n1. The minimum Gasteiger partial charge on any atom is -0.495 e. The lowest BCUT2D eigenvalue weighted by Crippen LogP contribution is -2.48. The Balaban J connectivity index is 1.72. The second kappa shape index (κ2) is 12.3. The second-order valence-corrected chi connectivity index (χ2v) is 9.17. The highest BCUT2D eigenvalue weighted by Gasteiger charge is 2.26. The standard InChI is InChI=1S/C25H37N7O3/c1-16-15-27-25(31-23(16)29-20-9-7-6-8-19(20)28-17(2)33)30-21-11-10-18(14-22(21)35-5)24(34)26-12-13-32(3)4/h10-11,14-15,19-20H,6-9,12-13H2,1-5H3,(H,26,34)(H,28,33)(H2,27,29,30,31)/t19-,20-/m1/s1. The lowest BCUT2D eigenvalue weighted by molar-refractivity contribution is -0.119. The Labute approximate surface area is 207 Å². The molecule has 2 amide bonds. The first-order valence-electron chi connectivity index (χ1n) is 12.0. The Hall–Kier alpha value is -3.40. The van der Waals surface area contributed by atoms with Gasteiger partial charge in [0.15, 0.2) is 0 Å². The molecule has 0 bridgehead atoms. The molecule has 3 rings (SSSR count). The maximum Gasteiger partial charge on any atom is 0.251 e. The summed E-state index contributed by atoms with van der Waals surface area (Å²) >= 11 is 0. The summed E-state index contributed by atoms with van der Waals surface area (Å²) in [4.78, 5) is 35.2. The molecular weight excluding hydrogens is 446 g/mol. The predicted molar refractivity (Wildman–Crippen MR) is 137 cm³/mol. The van der Waals surface area contributed by atoms with Gasteiger partial charge < -0.3 is 30.9 Å². The highest BCUT2D eigenvalue weighted by molar-refractivity contribution is 5.95. The summed E-state index contributed by atoms with van der Waals surface area (Å²) < 4.78 is 5.52. The summed E-state index contributed by atoms with van der Waals surface area (Å²) in [6.07, 6.45) is 5.87. The first kappa shape index (κ1) is 26.2. The fourth-order valence-corrected chi connectivity index (χ4v) is 4.11. The van der Waals surface area contributed by atoms with Crippen LogP contribution in [0.15, 0.2) is 24.4 Å². The maximum atomic E-state index is 12.5.